The molecule has 2 aromatic carbocycles. The van der Waals surface area contributed by atoms with Crippen molar-refractivity contribution in [3.05, 3.63) is 65.5 Å². The molecule has 3 rings (SSSR count). The van der Waals surface area contributed by atoms with Gasteiger partial charge >= 0.3 is 0 Å². The molecule has 1 fully saturated rings. The molecule has 0 aromatic heterocycles. The van der Waals surface area contributed by atoms with Gasteiger partial charge in [0.2, 0.25) is 0 Å². The second-order valence-electron chi connectivity index (χ2n) is 5.90. The number of benzene rings is 2. The maximum atomic E-state index is 12.9. The first-order valence-electron chi connectivity index (χ1n) is 8.12. The lowest BCUT2D eigenvalue weighted by atomic mass is 10.2. The highest BCUT2D eigenvalue weighted by atomic mass is 32.2. The predicted octanol–water partition coefficient (Wildman–Crippen LogP) is 3.83. The maximum Gasteiger partial charge on any atom is 0.123 e. The lowest BCUT2D eigenvalue weighted by Crippen LogP contribution is -2.25. The van der Waals surface area contributed by atoms with E-state index in [1.807, 2.05) is 24.3 Å². The van der Waals surface area contributed by atoms with E-state index in [4.69, 9.17) is 9.47 Å². The van der Waals surface area contributed by atoms with E-state index in [-0.39, 0.29) is 11.1 Å². The van der Waals surface area contributed by atoms with Crippen LogP contribution in [0.15, 0.2) is 48.5 Å². The minimum atomic E-state index is -0.856. The van der Waals surface area contributed by atoms with E-state index in [1.54, 1.807) is 12.1 Å². The Kier molecular flexibility index (Phi) is 5.99. The summed E-state index contributed by atoms with van der Waals surface area (Å²) in [6, 6.07) is 14.0. The molecule has 0 bridgehead atoms. The van der Waals surface area contributed by atoms with E-state index in [0.717, 1.165) is 29.7 Å². The fourth-order valence-corrected chi connectivity index (χ4v) is 4.13. The van der Waals surface area contributed by atoms with Gasteiger partial charge in [0.1, 0.15) is 18.2 Å². The molecule has 3 nitrogen and oxygen atoms in total. The molecule has 0 N–H and O–H groups in total. The van der Waals surface area contributed by atoms with Gasteiger partial charge in [-0.3, -0.25) is 4.21 Å². The topological polar surface area (TPSA) is 35.5 Å². The lowest BCUT2D eigenvalue weighted by molar-refractivity contribution is 0.0992. The Morgan fingerprint density at radius 2 is 1.62 bits per heavy atom. The Morgan fingerprint density at radius 1 is 1.00 bits per heavy atom. The number of ether oxygens (including phenoxy) is 2. The van der Waals surface area contributed by atoms with Gasteiger partial charge in [0.25, 0.3) is 0 Å². The summed E-state index contributed by atoms with van der Waals surface area (Å²) < 4.78 is 36.3. The summed E-state index contributed by atoms with van der Waals surface area (Å²) >= 11 is 0. The molecule has 0 aliphatic carbocycles. The smallest absolute Gasteiger partial charge is 0.123 e. The zero-order valence-electron chi connectivity index (χ0n) is 13.4. The fraction of sp³-hybridized carbons (Fsp3) is 0.368. The second-order valence-corrected chi connectivity index (χ2v) is 7.61. The van der Waals surface area contributed by atoms with Gasteiger partial charge in [0.05, 0.1) is 0 Å². The molecule has 24 heavy (non-hydrogen) atoms. The molecule has 2 aromatic rings. The van der Waals surface area contributed by atoms with Crippen molar-refractivity contribution in [2.75, 3.05) is 13.2 Å². The van der Waals surface area contributed by atoms with Gasteiger partial charge in [-0.05, 0) is 48.2 Å². The molecule has 1 atom stereocenters. The van der Waals surface area contributed by atoms with Gasteiger partial charge in [-0.1, -0.05) is 24.3 Å². The molecule has 128 valence electrons. The van der Waals surface area contributed by atoms with Crippen molar-refractivity contribution >= 4 is 10.8 Å². The van der Waals surface area contributed by atoms with Crippen molar-refractivity contribution in [2.45, 2.75) is 30.5 Å². The summed E-state index contributed by atoms with van der Waals surface area (Å²) in [6.45, 7) is 1.83. The zero-order chi connectivity index (χ0) is 16.8. The molecular formula is C19H21FO3S. The van der Waals surface area contributed by atoms with Crippen molar-refractivity contribution in [3.8, 4) is 5.75 Å². The van der Waals surface area contributed by atoms with Gasteiger partial charge in [-0.15, -0.1) is 0 Å². The first-order valence-corrected chi connectivity index (χ1v) is 9.50. The molecule has 0 spiro atoms. The summed E-state index contributed by atoms with van der Waals surface area (Å²) in [5.74, 6) is 1.07. The first-order chi connectivity index (χ1) is 11.7. The van der Waals surface area contributed by atoms with Crippen LogP contribution in [0.5, 0.6) is 5.75 Å². The highest BCUT2D eigenvalue weighted by Gasteiger charge is 2.20. The molecule has 1 heterocycles. The van der Waals surface area contributed by atoms with Gasteiger partial charge in [0.15, 0.2) is 0 Å². The Morgan fingerprint density at radius 3 is 2.29 bits per heavy atom. The number of rotatable bonds is 6. The Labute approximate surface area is 144 Å². The monoisotopic (exact) mass is 348 g/mol. The lowest BCUT2D eigenvalue weighted by Gasteiger charge is -2.21. The molecular weight excluding hydrogens is 327 g/mol. The van der Waals surface area contributed by atoms with Gasteiger partial charge in [0, 0.05) is 35.0 Å². The van der Waals surface area contributed by atoms with Crippen molar-refractivity contribution in [3.63, 3.8) is 0 Å². The number of hydrogen-bond acceptors (Lipinski definition) is 3. The summed E-state index contributed by atoms with van der Waals surface area (Å²) in [6.07, 6.45) is 1.76. The van der Waals surface area contributed by atoms with Crippen LogP contribution >= 0.6 is 0 Å². The third kappa shape index (κ3) is 4.89. The number of hydrogen-bond donors (Lipinski definition) is 0. The summed E-state index contributed by atoms with van der Waals surface area (Å²) in [5.41, 5.74) is 1.97. The quantitative estimate of drug-likeness (QED) is 0.796. The van der Waals surface area contributed by atoms with Crippen LogP contribution in [0.3, 0.4) is 0 Å². The summed E-state index contributed by atoms with van der Waals surface area (Å²) in [5, 5.41) is 0.244. The average Bonchev–Trinajstić information content (AvgIpc) is 2.63. The maximum absolute atomic E-state index is 12.9. The highest BCUT2D eigenvalue weighted by Crippen LogP contribution is 2.19. The van der Waals surface area contributed by atoms with Gasteiger partial charge in [-0.25, -0.2) is 4.39 Å². The third-order valence-electron chi connectivity index (χ3n) is 4.09. The fourth-order valence-electron chi connectivity index (χ4n) is 2.65. The van der Waals surface area contributed by atoms with Crippen molar-refractivity contribution in [1.82, 2.24) is 0 Å². The van der Waals surface area contributed by atoms with Crippen molar-refractivity contribution in [2.24, 2.45) is 0 Å². The van der Waals surface area contributed by atoms with E-state index in [0.29, 0.717) is 25.6 Å². The summed E-state index contributed by atoms with van der Waals surface area (Å²) in [4.78, 5) is 0. The van der Waals surface area contributed by atoms with Crippen LogP contribution in [0.4, 0.5) is 4.39 Å². The first kappa shape index (κ1) is 17.1. The van der Waals surface area contributed by atoms with Crippen LogP contribution in [0, 0.1) is 5.82 Å². The Hall–Kier alpha value is -1.72. The predicted molar refractivity (Wildman–Crippen MR) is 92.9 cm³/mol. The molecule has 1 aliphatic heterocycles. The Bertz CT molecular complexity index is 664. The highest BCUT2D eigenvalue weighted by molar-refractivity contribution is 7.84. The molecule has 0 amide bonds. The largest absolute Gasteiger partial charge is 0.489 e. The standard InChI is InChI=1S/C19H21FO3S/c20-17-5-1-15(2-6-17)13-23-18-7-3-16(4-8-18)14-24(21)19-9-11-22-12-10-19/h1-8,19H,9-14H2/t24-/m1/s1. The Balaban J connectivity index is 1.51. The average molecular weight is 348 g/mol. The van der Waals surface area contributed by atoms with Crippen LogP contribution in [0.1, 0.15) is 24.0 Å². The van der Waals surface area contributed by atoms with Gasteiger partial charge < -0.3 is 9.47 Å². The van der Waals surface area contributed by atoms with Crippen LogP contribution in [-0.2, 0) is 27.9 Å². The third-order valence-corrected chi connectivity index (χ3v) is 5.92. The van der Waals surface area contributed by atoms with Crippen LogP contribution in [0.25, 0.3) is 0 Å². The van der Waals surface area contributed by atoms with E-state index in [9.17, 15) is 8.60 Å². The normalized spacial score (nSPS) is 16.7. The molecule has 1 saturated heterocycles. The molecule has 0 radical (unpaired) electrons. The minimum Gasteiger partial charge on any atom is -0.489 e. The van der Waals surface area contributed by atoms with Crippen molar-refractivity contribution < 1.29 is 18.1 Å². The SMILES string of the molecule is O=[S@](Cc1ccc(OCc2ccc(F)cc2)cc1)C1CCOCC1. The zero-order valence-corrected chi connectivity index (χ0v) is 14.3. The van der Waals surface area contributed by atoms with E-state index < -0.39 is 10.8 Å². The molecule has 1 aliphatic rings. The van der Waals surface area contributed by atoms with E-state index >= 15 is 0 Å². The molecule has 0 saturated carbocycles. The van der Waals surface area contributed by atoms with Crippen molar-refractivity contribution in [1.29, 1.82) is 0 Å². The number of halogens is 1. The molecule has 0 unspecified atom stereocenters. The van der Waals surface area contributed by atoms with Gasteiger partial charge in [-0.2, -0.15) is 0 Å². The van der Waals surface area contributed by atoms with Crippen LogP contribution < -0.4 is 4.74 Å². The second kappa shape index (κ2) is 8.40. The van der Waals surface area contributed by atoms with Crippen LogP contribution in [0.2, 0.25) is 0 Å². The van der Waals surface area contributed by atoms with E-state index in [2.05, 4.69) is 0 Å². The molecule has 5 heteroatoms. The van der Waals surface area contributed by atoms with Crippen LogP contribution in [-0.4, -0.2) is 22.7 Å². The minimum absolute atomic E-state index is 0.244. The van der Waals surface area contributed by atoms with E-state index in [1.165, 1.54) is 12.1 Å². The summed E-state index contributed by atoms with van der Waals surface area (Å²) in [7, 11) is -0.856.